The Hall–Kier alpha value is -2.28. The molecule has 0 spiro atoms. The second-order valence-corrected chi connectivity index (χ2v) is 6.99. The number of para-hydroxylation sites is 1. The van der Waals surface area contributed by atoms with E-state index < -0.39 is 5.91 Å². The molecule has 0 aliphatic heterocycles. The van der Waals surface area contributed by atoms with Crippen LogP contribution in [-0.2, 0) is 6.61 Å². The fourth-order valence-corrected chi connectivity index (χ4v) is 2.97. The number of nitrogens with one attached hydrogen (secondary N) is 1. The maximum absolute atomic E-state index is 12.4. The molecule has 0 bridgehead atoms. The highest BCUT2D eigenvalue weighted by molar-refractivity contribution is 9.10. The Kier molecular flexibility index (Phi) is 6.55. The molecule has 1 aromatic heterocycles. The Morgan fingerprint density at radius 2 is 2.00 bits per heavy atom. The molecule has 0 aliphatic carbocycles. The minimum absolute atomic E-state index is 0.198. The van der Waals surface area contributed by atoms with Gasteiger partial charge in [0.25, 0.3) is 5.91 Å². The number of hydrogen-bond acceptors (Lipinski definition) is 4. The lowest BCUT2D eigenvalue weighted by Crippen LogP contribution is -2.18. The summed E-state index contributed by atoms with van der Waals surface area (Å²) in [5.74, 6) is 0.510. The minimum atomic E-state index is -0.408. The highest BCUT2D eigenvalue weighted by Gasteiger charge is 2.12. The summed E-state index contributed by atoms with van der Waals surface area (Å²) in [5, 5.41) is 4.93. The molecule has 0 saturated carbocycles. The zero-order chi connectivity index (χ0) is 19.2. The summed E-state index contributed by atoms with van der Waals surface area (Å²) in [6.07, 6.45) is 1.40. The van der Waals surface area contributed by atoms with Gasteiger partial charge in [0.1, 0.15) is 18.1 Å². The molecule has 2 aromatic carbocycles. The van der Waals surface area contributed by atoms with Crippen LogP contribution in [0, 0.1) is 0 Å². The van der Waals surface area contributed by atoms with E-state index in [-0.39, 0.29) is 6.61 Å². The molecule has 3 rings (SSSR count). The topological polar surface area (TPSA) is 63.8 Å². The van der Waals surface area contributed by atoms with E-state index in [4.69, 9.17) is 32.4 Å². The molecule has 0 radical (unpaired) electrons. The predicted molar refractivity (Wildman–Crippen MR) is 109 cm³/mol. The van der Waals surface area contributed by atoms with Crippen LogP contribution in [0.3, 0.4) is 0 Å². The van der Waals surface area contributed by atoms with E-state index in [1.54, 1.807) is 54.6 Å². The summed E-state index contributed by atoms with van der Waals surface area (Å²) in [6, 6.07) is 15.5. The lowest BCUT2D eigenvalue weighted by Gasteiger charge is -2.11. The van der Waals surface area contributed by atoms with Gasteiger partial charge in [-0.15, -0.1) is 0 Å². The SMILES string of the molecule is O=C(N/N=C/c1ccc(Br)o1)c1ccccc1OCc1ccc(Cl)cc1Cl. The number of benzene rings is 2. The van der Waals surface area contributed by atoms with Crippen molar-refractivity contribution in [2.75, 3.05) is 0 Å². The first-order valence-corrected chi connectivity index (χ1v) is 9.32. The molecule has 5 nitrogen and oxygen atoms in total. The molecule has 27 heavy (non-hydrogen) atoms. The van der Waals surface area contributed by atoms with E-state index >= 15 is 0 Å². The molecule has 1 N–H and O–H groups in total. The van der Waals surface area contributed by atoms with Crippen LogP contribution in [-0.4, -0.2) is 12.1 Å². The molecule has 138 valence electrons. The van der Waals surface area contributed by atoms with E-state index in [0.29, 0.717) is 31.8 Å². The third-order valence-electron chi connectivity index (χ3n) is 3.48. The number of carbonyl (C=O) groups excluding carboxylic acids is 1. The Morgan fingerprint density at radius 1 is 1.19 bits per heavy atom. The van der Waals surface area contributed by atoms with Crippen LogP contribution in [0.1, 0.15) is 21.7 Å². The average molecular weight is 468 g/mol. The number of rotatable bonds is 6. The van der Waals surface area contributed by atoms with Crippen molar-refractivity contribution in [1.82, 2.24) is 5.43 Å². The standard InChI is InChI=1S/C19H13BrCl2N2O3/c20-18-8-7-14(27-18)10-23-24-19(25)15-3-1-2-4-17(15)26-11-12-5-6-13(21)9-16(12)22/h1-10H,11H2,(H,24,25)/b23-10+. The molecule has 1 heterocycles. The summed E-state index contributed by atoms with van der Waals surface area (Å²) < 4.78 is 11.6. The van der Waals surface area contributed by atoms with Crippen molar-refractivity contribution in [3.63, 3.8) is 0 Å². The number of hydrogen-bond donors (Lipinski definition) is 1. The van der Waals surface area contributed by atoms with Gasteiger partial charge in [-0.25, -0.2) is 5.43 Å². The zero-order valence-corrected chi connectivity index (χ0v) is 16.9. The van der Waals surface area contributed by atoms with Crippen molar-refractivity contribution in [2.45, 2.75) is 6.61 Å². The largest absolute Gasteiger partial charge is 0.488 e. The van der Waals surface area contributed by atoms with E-state index in [9.17, 15) is 4.79 Å². The molecule has 0 unspecified atom stereocenters. The van der Waals surface area contributed by atoms with Gasteiger partial charge >= 0.3 is 0 Å². The van der Waals surface area contributed by atoms with E-state index in [2.05, 4.69) is 26.5 Å². The van der Waals surface area contributed by atoms with Crippen molar-refractivity contribution in [2.24, 2.45) is 5.10 Å². The minimum Gasteiger partial charge on any atom is -0.488 e. The summed E-state index contributed by atoms with van der Waals surface area (Å²) in [4.78, 5) is 12.4. The molecular weight excluding hydrogens is 455 g/mol. The van der Waals surface area contributed by atoms with Gasteiger partial charge in [-0.2, -0.15) is 5.10 Å². The summed E-state index contributed by atoms with van der Waals surface area (Å²) in [7, 11) is 0. The molecule has 0 aliphatic rings. The third kappa shape index (κ3) is 5.35. The van der Waals surface area contributed by atoms with Gasteiger partial charge in [0.05, 0.1) is 11.8 Å². The Morgan fingerprint density at radius 3 is 2.74 bits per heavy atom. The van der Waals surface area contributed by atoms with Crippen LogP contribution in [0.4, 0.5) is 0 Å². The molecule has 0 saturated heterocycles. The summed E-state index contributed by atoms with van der Waals surface area (Å²) in [5.41, 5.74) is 3.56. The molecule has 0 atom stereocenters. The third-order valence-corrected chi connectivity index (χ3v) is 4.49. The van der Waals surface area contributed by atoms with Crippen molar-refractivity contribution < 1.29 is 13.9 Å². The fourth-order valence-electron chi connectivity index (χ4n) is 2.19. The van der Waals surface area contributed by atoms with Crippen molar-refractivity contribution in [3.05, 3.63) is 86.2 Å². The molecule has 1 amide bonds. The summed E-state index contributed by atoms with van der Waals surface area (Å²) in [6.45, 7) is 0.198. The number of halogens is 3. The highest BCUT2D eigenvalue weighted by Crippen LogP contribution is 2.24. The number of hydrazone groups is 1. The van der Waals surface area contributed by atoms with Crippen LogP contribution in [0.5, 0.6) is 5.75 Å². The Labute approximate surface area is 174 Å². The van der Waals surface area contributed by atoms with E-state index in [1.165, 1.54) is 6.21 Å². The summed E-state index contributed by atoms with van der Waals surface area (Å²) >= 11 is 15.2. The molecule has 8 heteroatoms. The van der Waals surface area contributed by atoms with Crippen LogP contribution in [0.25, 0.3) is 0 Å². The van der Waals surface area contributed by atoms with Crippen LogP contribution >= 0.6 is 39.1 Å². The highest BCUT2D eigenvalue weighted by atomic mass is 79.9. The van der Waals surface area contributed by atoms with Gasteiger partial charge < -0.3 is 9.15 Å². The van der Waals surface area contributed by atoms with E-state index in [1.807, 2.05) is 0 Å². The normalized spacial score (nSPS) is 10.9. The number of nitrogens with zero attached hydrogens (tertiary/aromatic N) is 1. The zero-order valence-electron chi connectivity index (χ0n) is 13.8. The van der Waals surface area contributed by atoms with Crippen molar-refractivity contribution >= 4 is 51.3 Å². The van der Waals surface area contributed by atoms with Crippen LogP contribution < -0.4 is 10.2 Å². The number of ether oxygens (including phenoxy) is 1. The van der Waals surface area contributed by atoms with Gasteiger partial charge in [0.15, 0.2) is 4.67 Å². The Balaban J connectivity index is 1.67. The van der Waals surface area contributed by atoms with Crippen molar-refractivity contribution in [1.29, 1.82) is 0 Å². The lowest BCUT2D eigenvalue weighted by atomic mass is 10.2. The van der Waals surface area contributed by atoms with E-state index in [0.717, 1.165) is 5.56 Å². The smallest absolute Gasteiger partial charge is 0.275 e. The van der Waals surface area contributed by atoms with Gasteiger partial charge in [0, 0.05) is 15.6 Å². The number of amides is 1. The first-order chi connectivity index (χ1) is 13.0. The average Bonchev–Trinajstić information content (AvgIpc) is 3.06. The molecular formula is C19H13BrCl2N2O3. The van der Waals surface area contributed by atoms with Crippen molar-refractivity contribution in [3.8, 4) is 5.75 Å². The number of furan rings is 1. The van der Waals surface area contributed by atoms with Gasteiger partial charge in [-0.1, -0.05) is 41.4 Å². The first-order valence-electron chi connectivity index (χ1n) is 7.77. The van der Waals surface area contributed by atoms with Crippen LogP contribution in [0.15, 0.2) is 68.8 Å². The van der Waals surface area contributed by atoms with Crippen LogP contribution in [0.2, 0.25) is 10.0 Å². The predicted octanol–water partition coefficient (Wildman–Crippen LogP) is 5.69. The molecule has 0 fully saturated rings. The lowest BCUT2D eigenvalue weighted by molar-refractivity contribution is 0.0950. The van der Waals surface area contributed by atoms with Gasteiger partial charge in [-0.3, -0.25) is 4.79 Å². The maximum atomic E-state index is 12.4. The monoisotopic (exact) mass is 466 g/mol. The van der Waals surface area contributed by atoms with Gasteiger partial charge in [-0.05, 0) is 52.3 Å². The fraction of sp³-hybridized carbons (Fsp3) is 0.0526. The number of carbonyl (C=O) groups is 1. The Bertz CT molecular complexity index is 989. The maximum Gasteiger partial charge on any atom is 0.275 e. The first kappa shape index (κ1) is 19.5. The quantitative estimate of drug-likeness (QED) is 0.374. The second-order valence-electron chi connectivity index (χ2n) is 5.36. The second kappa shape index (κ2) is 9.08. The van der Waals surface area contributed by atoms with Gasteiger partial charge in [0.2, 0.25) is 0 Å². The molecule has 3 aromatic rings.